The number of likely N-dealkylation sites (tertiary alicyclic amines) is 1. The summed E-state index contributed by atoms with van der Waals surface area (Å²) in [5.41, 5.74) is 1.55. The van der Waals surface area contributed by atoms with Crippen molar-refractivity contribution in [3.05, 3.63) is 41.6 Å². The number of aromatic amines is 2. The first-order chi connectivity index (χ1) is 13.2. The van der Waals surface area contributed by atoms with Crippen molar-refractivity contribution < 1.29 is 9.53 Å². The molecule has 1 amide bonds. The molecule has 4 rings (SSSR count). The molecule has 1 aromatic carbocycles. The van der Waals surface area contributed by atoms with Crippen LogP contribution in [0.25, 0.3) is 10.9 Å². The molecule has 2 N–H and O–H groups in total. The molecule has 27 heavy (non-hydrogen) atoms. The molecule has 142 valence electrons. The molecule has 2 aromatic heterocycles. The van der Waals surface area contributed by atoms with Gasteiger partial charge in [-0.15, -0.1) is 0 Å². The number of rotatable bonds is 5. The minimum Gasteiger partial charge on any atom is -0.494 e. The molecule has 3 heterocycles. The highest BCUT2D eigenvalue weighted by Crippen LogP contribution is 2.27. The van der Waals surface area contributed by atoms with Crippen LogP contribution in [0.3, 0.4) is 0 Å². The van der Waals surface area contributed by atoms with E-state index in [1.54, 1.807) is 0 Å². The van der Waals surface area contributed by atoms with E-state index in [4.69, 9.17) is 4.74 Å². The summed E-state index contributed by atoms with van der Waals surface area (Å²) in [6.07, 6.45) is 2.64. The number of hydrogen-bond donors (Lipinski definition) is 2. The summed E-state index contributed by atoms with van der Waals surface area (Å²) in [7, 11) is 0. The number of fused-ring (bicyclic) bond motifs is 1. The van der Waals surface area contributed by atoms with Gasteiger partial charge in [-0.2, -0.15) is 5.10 Å². The molecule has 0 unspecified atom stereocenters. The molecule has 3 aromatic rings. The maximum Gasteiger partial charge on any atom is 0.270 e. The highest BCUT2D eigenvalue weighted by atomic mass is 16.5. The highest BCUT2D eigenvalue weighted by molar-refractivity contribution is 5.98. The summed E-state index contributed by atoms with van der Waals surface area (Å²) in [5, 5.41) is 8.34. The van der Waals surface area contributed by atoms with Gasteiger partial charge in [-0.05, 0) is 38.0 Å². The third-order valence-electron chi connectivity index (χ3n) is 5.17. The number of nitrogens with zero attached hydrogens (tertiary/aromatic N) is 3. The number of nitrogens with one attached hydrogen (secondary N) is 2. The van der Waals surface area contributed by atoms with Crippen molar-refractivity contribution in [2.45, 2.75) is 39.0 Å². The number of amides is 1. The van der Waals surface area contributed by atoms with E-state index in [9.17, 15) is 4.79 Å². The fraction of sp³-hybridized carbons (Fsp3) is 0.450. The largest absolute Gasteiger partial charge is 0.494 e. The number of H-pyrrole nitrogens is 2. The van der Waals surface area contributed by atoms with Crippen molar-refractivity contribution in [3.63, 3.8) is 0 Å². The Hall–Kier alpha value is -2.83. The van der Waals surface area contributed by atoms with E-state index in [0.29, 0.717) is 18.2 Å². The lowest BCUT2D eigenvalue weighted by Gasteiger charge is -2.30. The number of hydrogen-bond acceptors (Lipinski definition) is 4. The molecular formula is C20H25N5O2. The van der Waals surface area contributed by atoms with E-state index in [-0.39, 0.29) is 5.91 Å². The molecule has 1 aliphatic heterocycles. The van der Waals surface area contributed by atoms with Gasteiger partial charge in [0.15, 0.2) is 5.82 Å². The van der Waals surface area contributed by atoms with Gasteiger partial charge in [0.05, 0.1) is 6.61 Å². The number of piperidine rings is 1. The maximum atomic E-state index is 12.9. The van der Waals surface area contributed by atoms with Crippen molar-refractivity contribution in [1.82, 2.24) is 25.1 Å². The Morgan fingerprint density at radius 3 is 2.78 bits per heavy atom. The van der Waals surface area contributed by atoms with Gasteiger partial charge < -0.3 is 14.6 Å². The van der Waals surface area contributed by atoms with Crippen molar-refractivity contribution >= 4 is 16.8 Å². The van der Waals surface area contributed by atoms with Crippen molar-refractivity contribution in [3.8, 4) is 5.75 Å². The summed E-state index contributed by atoms with van der Waals surface area (Å²) < 4.78 is 5.53. The second-order valence-corrected chi connectivity index (χ2v) is 6.93. The number of carbonyl (C=O) groups is 1. The van der Waals surface area contributed by atoms with Crippen LogP contribution in [0.15, 0.2) is 24.3 Å². The van der Waals surface area contributed by atoms with Crippen LogP contribution in [0.4, 0.5) is 0 Å². The summed E-state index contributed by atoms with van der Waals surface area (Å²) in [4.78, 5) is 22.6. The Balaban J connectivity index is 1.43. The van der Waals surface area contributed by atoms with Crippen LogP contribution in [0, 0.1) is 0 Å². The van der Waals surface area contributed by atoms with Crippen LogP contribution in [-0.4, -0.2) is 50.7 Å². The number of aryl methyl sites for hydroxylation is 1. The SMILES string of the molecule is CCOc1ccc2cc(C(=O)N3CCC(c4n[nH]c(CC)n4)CC3)[nH]c2c1. The normalized spacial score (nSPS) is 15.4. The van der Waals surface area contributed by atoms with E-state index >= 15 is 0 Å². The first-order valence-corrected chi connectivity index (χ1v) is 9.64. The molecule has 0 aliphatic carbocycles. The second kappa shape index (κ2) is 7.42. The predicted octanol–water partition coefficient (Wildman–Crippen LogP) is 3.27. The number of ether oxygens (including phenoxy) is 1. The van der Waals surface area contributed by atoms with Gasteiger partial charge in [-0.3, -0.25) is 9.89 Å². The topological polar surface area (TPSA) is 86.9 Å². The molecule has 0 spiro atoms. The fourth-order valence-corrected chi connectivity index (χ4v) is 3.64. The van der Waals surface area contributed by atoms with Gasteiger partial charge in [0.2, 0.25) is 0 Å². The average molecular weight is 367 g/mol. The van der Waals surface area contributed by atoms with Crippen LogP contribution in [0.1, 0.15) is 54.7 Å². The van der Waals surface area contributed by atoms with Gasteiger partial charge >= 0.3 is 0 Å². The third-order valence-corrected chi connectivity index (χ3v) is 5.17. The van der Waals surface area contributed by atoms with E-state index in [1.807, 2.05) is 36.1 Å². The van der Waals surface area contributed by atoms with Gasteiger partial charge in [-0.25, -0.2) is 4.98 Å². The van der Waals surface area contributed by atoms with Crippen LogP contribution in [-0.2, 0) is 6.42 Å². The molecule has 1 fully saturated rings. The quantitative estimate of drug-likeness (QED) is 0.725. The number of aromatic nitrogens is 4. The lowest BCUT2D eigenvalue weighted by molar-refractivity contribution is 0.0706. The zero-order valence-corrected chi connectivity index (χ0v) is 15.8. The van der Waals surface area contributed by atoms with E-state index in [1.165, 1.54) is 0 Å². The van der Waals surface area contributed by atoms with Crippen molar-refractivity contribution in [2.75, 3.05) is 19.7 Å². The Kier molecular flexibility index (Phi) is 4.83. The molecule has 0 saturated carbocycles. The van der Waals surface area contributed by atoms with E-state index in [2.05, 4.69) is 27.1 Å². The number of carbonyl (C=O) groups excluding carboxylic acids is 1. The zero-order valence-electron chi connectivity index (χ0n) is 15.8. The summed E-state index contributed by atoms with van der Waals surface area (Å²) in [5.74, 6) is 2.99. The summed E-state index contributed by atoms with van der Waals surface area (Å²) in [6.45, 7) is 6.08. The fourth-order valence-electron chi connectivity index (χ4n) is 3.64. The van der Waals surface area contributed by atoms with Crippen LogP contribution >= 0.6 is 0 Å². The van der Waals surface area contributed by atoms with Crippen molar-refractivity contribution in [1.29, 1.82) is 0 Å². The molecule has 7 heteroatoms. The summed E-state index contributed by atoms with van der Waals surface area (Å²) in [6, 6.07) is 7.77. The Labute approximate surface area is 158 Å². The van der Waals surface area contributed by atoms with Crippen LogP contribution < -0.4 is 4.74 Å². The molecule has 1 aliphatic rings. The zero-order chi connectivity index (χ0) is 18.8. The Bertz CT molecular complexity index is 937. The second-order valence-electron chi connectivity index (χ2n) is 6.93. The Morgan fingerprint density at radius 1 is 1.26 bits per heavy atom. The lowest BCUT2D eigenvalue weighted by Crippen LogP contribution is -2.38. The molecule has 0 atom stereocenters. The maximum absolute atomic E-state index is 12.9. The minimum absolute atomic E-state index is 0.0480. The third kappa shape index (κ3) is 3.54. The van der Waals surface area contributed by atoms with Gasteiger partial charge in [0.25, 0.3) is 5.91 Å². The standard InChI is InChI=1S/C20H25N5O2/c1-3-18-22-19(24-23-18)13-7-9-25(10-8-13)20(26)17-11-14-5-6-15(27-4-2)12-16(14)21-17/h5-6,11-13,21H,3-4,7-10H2,1-2H3,(H,22,23,24). The average Bonchev–Trinajstić information content (AvgIpc) is 3.34. The van der Waals surface area contributed by atoms with Gasteiger partial charge in [0.1, 0.15) is 17.3 Å². The smallest absolute Gasteiger partial charge is 0.270 e. The monoisotopic (exact) mass is 367 g/mol. The minimum atomic E-state index is 0.0480. The van der Waals surface area contributed by atoms with Crippen LogP contribution in [0.5, 0.6) is 5.75 Å². The number of benzene rings is 1. The van der Waals surface area contributed by atoms with E-state index in [0.717, 1.165) is 60.7 Å². The van der Waals surface area contributed by atoms with Crippen molar-refractivity contribution in [2.24, 2.45) is 0 Å². The molecule has 0 radical (unpaired) electrons. The molecule has 0 bridgehead atoms. The highest BCUT2D eigenvalue weighted by Gasteiger charge is 2.27. The molecule has 1 saturated heterocycles. The lowest BCUT2D eigenvalue weighted by atomic mass is 9.96. The first kappa shape index (κ1) is 17.6. The predicted molar refractivity (Wildman–Crippen MR) is 103 cm³/mol. The summed E-state index contributed by atoms with van der Waals surface area (Å²) >= 11 is 0. The van der Waals surface area contributed by atoms with E-state index < -0.39 is 0 Å². The molecular weight excluding hydrogens is 342 g/mol. The first-order valence-electron chi connectivity index (χ1n) is 9.64. The van der Waals surface area contributed by atoms with Gasteiger partial charge in [0, 0.05) is 42.4 Å². The van der Waals surface area contributed by atoms with Gasteiger partial charge in [-0.1, -0.05) is 6.92 Å². The van der Waals surface area contributed by atoms with Crippen LogP contribution in [0.2, 0.25) is 0 Å². The molecule has 7 nitrogen and oxygen atoms in total. The Morgan fingerprint density at radius 2 is 2.07 bits per heavy atom.